The van der Waals surface area contributed by atoms with E-state index in [4.69, 9.17) is 13.8 Å². The summed E-state index contributed by atoms with van der Waals surface area (Å²) in [4.78, 5) is 4.96. The van der Waals surface area contributed by atoms with Gasteiger partial charge in [-0.3, -0.25) is 0 Å². The van der Waals surface area contributed by atoms with Crippen LogP contribution in [0.2, 0.25) is 0 Å². The minimum Gasteiger partial charge on any atom is -0.455 e. The minimum atomic E-state index is -0.130. The molecule has 0 saturated heterocycles. The third-order valence-corrected chi connectivity index (χ3v) is 13.2. The van der Waals surface area contributed by atoms with E-state index in [1.54, 1.807) is 0 Å². The Labute approximate surface area is 375 Å². The lowest BCUT2D eigenvalue weighted by Crippen LogP contribution is -2.06. The second kappa shape index (κ2) is 15.1. The molecule has 0 spiro atoms. The minimum absolute atomic E-state index is 0.130. The van der Waals surface area contributed by atoms with Crippen molar-refractivity contribution in [2.45, 2.75) is 5.92 Å². The fourth-order valence-electron chi connectivity index (χ4n) is 10.1. The van der Waals surface area contributed by atoms with Crippen LogP contribution in [0.1, 0.15) is 22.6 Å². The van der Waals surface area contributed by atoms with Crippen molar-refractivity contribution in [3.63, 3.8) is 0 Å². The van der Waals surface area contributed by atoms with Gasteiger partial charge in [-0.15, -0.1) is 0 Å². The first-order chi connectivity index (χ1) is 32.2. The molecular weight excluding hydrogens is 791 g/mol. The van der Waals surface area contributed by atoms with Crippen molar-refractivity contribution in [1.82, 2.24) is 4.98 Å². The zero-order valence-corrected chi connectivity index (χ0v) is 35.3. The highest BCUT2D eigenvalue weighted by atomic mass is 16.3. The number of hydrogen-bond donors (Lipinski definition) is 0. The van der Waals surface area contributed by atoms with Crippen molar-refractivity contribution in [3.05, 3.63) is 247 Å². The molecule has 0 bridgehead atoms. The highest BCUT2D eigenvalue weighted by Gasteiger charge is 2.24. The molecule has 0 saturated carbocycles. The van der Waals surface area contributed by atoms with Crippen LogP contribution in [0, 0.1) is 0 Å². The highest BCUT2D eigenvalue weighted by molar-refractivity contribution is 6.19. The molecule has 0 N–H and O–H groups in total. The molecule has 0 aliphatic rings. The number of hydrogen-bond acceptors (Lipinski definition) is 3. The first-order valence-electron chi connectivity index (χ1n) is 22.2. The second-order valence-electron chi connectivity index (χ2n) is 17.0. The van der Waals surface area contributed by atoms with Crippen LogP contribution in [0.3, 0.4) is 0 Å². The fraction of sp³-hybridized carbons (Fsp3) is 0.0161. The fourth-order valence-corrected chi connectivity index (χ4v) is 10.1. The van der Waals surface area contributed by atoms with Crippen LogP contribution in [0.4, 0.5) is 0 Å². The van der Waals surface area contributed by atoms with Crippen molar-refractivity contribution in [1.29, 1.82) is 0 Å². The standard InChI is InChI=1S/C62H39NO2/c1-4-14-39(15-5-1)47-34-48(45-27-25-42-24-26-43-29-32-56-61(59(43)54(42)37-45)65-62(63-56)44-19-8-3-9-20-44)36-49(35-47)58(52-23-13-12-21-50(52)40-16-6-2-7-17-40)46-30-33-57-55(38-46)53-31-28-41-18-10-11-22-51(41)60(53)64-57/h1-38,58H. The summed E-state index contributed by atoms with van der Waals surface area (Å²) in [7, 11) is 0. The Morgan fingerprint density at radius 2 is 0.985 bits per heavy atom. The van der Waals surface area contributed by atoms with Crippen LogP contribution < -0.4 is 0 Å². The predicted octanol–water partition coefficient (Wildman–Crippen LogP) is 17.0. The normalized spacial score (nSPS) is 12.2. The number of aromatic nitrogens is 1. The van der Waals surface area contributed by atoms with E-state index in [1.165, 1.54) is 33.2 Å². The highest BCUT2D eigenvalue weighted by Crippen LogP contribution is 2.44. The molecular formula is C62H39NO2. The zero-order chi connectivity index (χ0) is 42.8. The summed E-state index contributed by atoms with van der Waals surface area (Å²) < 4.78 is 13.3. The summed E-state index contributed by atoms with van der Waals surface area (Å²) in [6.45, 7) is 0. The number of oxazole rings is 1. The number of furan rings is 1. The lowest BCUT2D eigenvalue weighted by atomic mass is 9.79. The van der Waals surface area contributed by atoms with Crippen LogP contribution >= 0.6 is 0 Å². The third kappa shape index (κ3) is 6.32. The molecule has 3 nitrogen and oxygen atoms in total. The van der Waals surface area contributed by atoms with Gasteiger partial charge < -0.3 is 8.83 Å². The zero-order valence-electron chi connectivity index (χ0n) is 35.3. The van der Waals surface area contributed by atoms with E-state index in [0.717, 1.165) is 87.8 Å². The SMILES string of the molecule is c1ccc(-c2cc(-c3ccc4ccc5ccc6nc(-c7ccccc7)oc6c5c4c3)cc(C(c3ccc4oc5c6ccccc6ccc5c4c3)c3ccccc3-c3ccccc3)c2)cc1. The maximum Gasteiger partial charge on any atom is 0.227 e. The summed E-state index contributed by atoms with van der Waals surface area (Å²) in [6, 6.07) is 82.9. The van der Waals surface area contributed by atoms with E-state index in [-0.39, 0.29) is 5.92 Å². The lowest BCUT2D eigenvalue weighted by molar-refractivity contribution is 0.623. The van der Waals surface area contributed by atoms with E-state index in [2.05, 4.69) is 200 Å². The van der Waals surface area contributed by atoms with Gasteiger partial charge in [-0.25, -0.2) is 4.98 Å². The molecule has 2 aromatic heterocycles. The van der Waals surface area contributed by atoms with E-state index < -0.39 is 0 Å². The predicted molar refractivity (Wildman–Crippen MR) is 269 cm³/mol. The van der Waals surface area contributed by atoms with E-state index in [9.17, 15) is 0 Å². The summed E-state index contributed by atoms with van der Waals surface area (Å²) in [5, 5.41) is 8.98. The van der Waals surface area contributed by atoms with Crippen molar-refractivity contribution in [3.8, 4) is 44.8 Å². The molecule has 0 radical (unpaired) electrons. The molecule has 1 unspecified atom stereocenters. The number of rotatable bonds is 7. The van der Waals surface area contributed by atoms with Gasteiger partial charge in [-0.1, -0.05) is 182 Å². The van der Waals surface area contributed by atoms with Gasteiger partial charge in [-0.2, -0.15) is 0 Å². The number of benzene rings is 11. The van der Waals surface area contributed by atoms with Crippen molar-refractivity contribution < 1.29 is 8.83 Å². The third-order valence-electron chi connectivity index (χ3n) is 13.2. The molecule has 1 atom stereocenters. The summed E-state index contributed by atoms with van der Waals surface area (Å²) >= 11 is 0. The average molecular weight is 830 g/mol. The van der Waals surface area contributed by atoms with Crippen molar-refractivity contribution in [2.24, 2.45) is 0 Å². The Morgan fingerprint density at radius 1 is 0.338 bits per heavy atom. The lowest BCUT2D eigenvalue weighted by Gasteiger charge is -2.24. The topological polar surface area (TPSA) is 39.2 Å². The molecule has 13 rings (SSSR count). The summed E-state index contributed by atoms with van der Waals surface area (Å²) in [6.07, 6.45) is 0. The van der Waals surface area contributed by atoms with Gasteiger partial charge in [0.1, 0.15) is 16.7 Å². The Bertz CT molecular complexity index is 3940. The van der Waals surface area contributed by atoms with Gasteiger partial charge in [0, 0.05) is 33.0 Å². The molecule has 0 amide bonds. The second-order valence-corrected chi connectivity index (χ2v) is 17.0. The van der Waals surface area contributed by atoms with Crippen LogP contribution in [0.15, 0.2) is 239 Å². The maximum absolute atomic E-state index is 6.66. The van der Waals surface area contributed by atoms with E-state index in [0.29, 0.717) is 5.89 Å². The Kier molecular flexibility index (Phi) is 8.60. The monoisotopic (exact) mass is 829 g/mol. The molecule has 11 aromatic carbocycles. The van der Waals surface area contributed by atoms with Crippen LogP contribution in [0.5, 0.6) is 0 Å². The maximum atomic E-state index is 6.66. The Hall–Kier alpha value is -8.53. The summed E-state index contributed by atoms with van der Waals surface area (Å²) in [5.41, 5.74) is 15.0. The van der Waals surface area contributed by atoms with Crippen molar-refractivity contribution in [2.75, 3.05) is 0 Å². The van der Waals surface area contributed by atoms with Gasteiger partial charge in [0.25, 0.3) is 0 Å². The molecule has 0 aliphatic heterocycles. The summed E-state index contributed by atoms with van der Waals surface area (Å²) in [5.74, 6) is 0.494. The number of fused-ring (bicyclic) bond motifs is 10. The molecule has 304 valence electrons. The van der Waals surface area contributed by atoms with Crippen molar-refractivity contribution >= 4 is 65.4 Å². The number of nitrogens with zero attached hydrogens (tertiary/aromatic N) is 1. The van der Waals surface area contributed by atoms with Gasteiger partial charge in [0.15, 0.2) is 5.58 Å². The largest absolute Gasteiger partial charge is 0.455 e. The molecule has 0 fully saturated rings. The molecule has 13 aromatic rings. The molecule has 3 heteroatoms. The Morgan fingerprint density at radius 3 is 1.82 bits per heavy atom. The average Bonchev–Trinajstić information content (AvgIpc) is 3.99. The van der Waals surface area contributed by atoms with E-state index >= 15 is 0 Å². The van der Waals surface area contributed by atoms with Gasteiger partial charge in [-0.05, 0) is 120 Å². The smallest absolute Gasteiger partial charge is 0.227 e. The van der Waals surface area contributed by atoms with Crippen LogP contribution in [-0.4, -0.2) is 4.98 Å². The van der Waals surface area contributed by atoms with Gasteiger partial charge in [0.2, 0.25) is 5.89 Å². The molecule has 65 heavy (non-hydrogen) atoms. The van der Waals surface area contributed by atoms with Gasteiger partial charge in [0.05, 0.1) is 0 Å². The first kappa shape index (κ1) is 37.1. The molecule has 0 aliphatic carbocycles. The molecule has 2 heterocycles. The Balaban J connectivity index is 1.06. The quantitative estimate of drug-likeness (QED) is 0.119. The van der Waals surface area contributed by atoms with E-state index in [1.807, 2.05) is 30.3 Å². The van der Waals surface area contributed by atoms with Crippen LogP contribution in [0.25, 0.3) is 110 Å². The first-order valence-corrected chi connectivity index (χ1v) is 22.2. The van der Waals surface area contributed by atoms with Crippen LogP contribution in [-0.2, 0) is 0 Å². The van der Waals surface area contributed by atoms with Gasteiger partial charge >= 0.3 is 0 Å².